The number of hydrogen-bond acceptors (Lipinski definition) is 4. The Balaban J connectivity index is 2.70. The fourth-order valence-electron chi connectivity index (χ4n) is 2.53. The molecule has 7 heteroatoms. The van der Waals surface area contributed by atoms with Gasteiger partial charge in [-0.3, -0.25) is 4.79 Å². The second-order valence-corrected chi connectivity index (χ2v) is 4.97. The number of carboxylic acid groups (broad SMARTS) is 1. The van der Waals surface area contributed by atoms with Crippen molar-refractivity contribution in [2.24, 2.45) is 0 Å². The van der Waals surface area contributed by atoms with E-state index in [0.717, 1.165) is 0 Å². The van der Waals surface area contributed by atoms with Gasteiger partial charge < -0.3 is 24.4 Å². The van der Waals surface area contributed by atoms with Crippen molar-refractivity contribution in [3.05, 3.63) is 0 Å². The van der Waals surface area contributed by atoms with E-state index in [4.69, 9.17) is 14.6 Å². The standard InChI is InChI=1S/C13H24N2O5/c1-5-15(9(2)6-12(16)17)13(18)14-7-10(19-3)11(8-14)20-4/h9-11H,5-8H2,1-4H3,(H,16,17). The average molecular weight is 288 g/mol. The zero-order chi connectivity index (χ0) is 15.3. The van der Waals surface area contributed by atoms with Gasteiger partial charge in [0.05, 0.1) is 19.5 Å². The number of hydrogen-bond donors (Lipinski definition) is 1. The van der Waals surface area contributed by atoms with Crippen molar-refractivity contribution >= 4 is 12.0 Å². The minimum Gasteiger partial charge on any atom is -0.481 e. The normalized spacial score (nSPS) is 23.7. The van der Waals surface area contributed by atoms with Gasteiger partial charge in [-0.05, 0) is 13.8 Å². The summed E-state index contributed by atoms with van der Waals surface area (Å²) in [6, 6.07) is -0.504. The third-order valence-corrected chi connectivity index (χ3v) is 3.68. The molecule has 2 amide bonds. The number of methoxy groups -OCH3 is 2. The maximum absolute atomic E-state index is 12.5. The molecule has 3 unspecified atom stereocenters. The summed E-state index contributed by atoms with van der Waals surface area (Å²) in [5, 5.41) is 8.84. The van der Waals surface area contributed by atoms with Crippen LogP contribution in [0.15, 0.2) is 0 Å². The predicted octanol–water partition coefficient (Wildman–Crippen LogP) is 0.637. The van der Waals surface area contributed by atoms with Crippen LogP contribution in [0, 0.1) is 0 Å². The number of carbonyl (C=O) groups is 2. The largest absolute Gasteiger partial charge is 0.481 e. The minimum atomic E-state index is -0.908. The van der Waals surface area contributed by atoms with Gasteiger partial charge in [0.15, 0.2) is 0 Å². The Morgan fingerprint density at radius 3 is 2.15 bits per heavy atom. The fourth-order valence-corrected chi connectivity index (χ4v) is 2.53. The van der Waals surface area contributed by atoms with E-state index in [0.29, 0.717) is 19.6 Å². The summed E-state index contributed by atoms with van der Waals surface area (Å²) >= 11 is 0. The molecule has 0 saturated carbocycles. The van der Waals surface area contributed by atoms with Crippen LogP contribution in [0.3, 0.4) is 0 Å². The first-order chi connectivity index (χ1) is 9.44. The number of aliphatic carboxylic acids is 1. The molecule has 0 aromatic rings. The summed E-state index contributed by atoms with van der Waals surface area (Å²) < 4.78 is 10.6. The van der Waals surface area contributed by atoms with Crippen molar-refractivity contribution < 1.29 is 24.2 Å². The zero-order valence-corrected chi connectivity index (χ0v) is 12.5. The van der Waals surface area contributed by atoms with Gasteiger partial charge in [0, 0.05) is 26.8 Å². The van der Waals surface area contributed by atoms with Gasteiger partial charge in [-0.2, -0.15) is 0 Å². The van der Waals surface area contributed by atoms with E-state index < -0.39 is 5.97 Å². The smallest absolute Gasteiger partial charge is 0.320 e. The van der Waals surface area contributed by atoms with E-state index in [1.165, 1.54) is 0 Å². The number of likely N-dealkylation sites (tertiary alicyclic amines) is 1. The summed E-state index contributed by atoms with van der Waals surface area (Å²) in [5.41, 5.74) is 0. The van der Waals surface area contributed by atoms with E-state index in [9.17, 15) is 9.59 Å². The van der Waals surface area contributed by atoms with Crippen LogP contribution in [0.2, 0.25) is 0 Å². The lowest BCUT2D eigenvalue weighted by Crippen LogP contribution is -2.47. The first-order valence-corrected chi connectivity index (χ1v) is 6.77. The van der Waals surface area contributed by atoms with Gasteiger partial charge in [0.1, 0.15) is 12.2 Å². The van der Waals surface area contributed by atoms with E-state index in [2.05, 4.69) is 0 Å². The SMILES string of the molecule is CCN(C(=O)N1CC(OC)C(OC)C1)C(C)CC(=O)O. The van der Waals surface area contributed by atoms with Gasteiger partial charge >= 0.3 is 12.0 Å². The molecule has 0 aromatic heterocycles. The molecule has 3 atom stereocenters. The van der Waals surface area contributed by atoms with Crippen LogP contribution < -0.4 is 0 Å². The Morgan fingerprint density at radius 1 is 1.30 bits per heavy atom. The number of nitrogens with zero attached hydrogens (tertiary/aromatic N) is 2. The summed E-state index contributed by atoms with van der Waals surface area (Å²) in [5.74, 6) is -0.908. The van der Waals surface area contributed by atoms with E-state index in [1.54, 1.807) is 30.9 Å². The summed E-state index contributed by atoms with van der Waals surface area (Å²) in [7, 11) is 3.19. The summed E-state index contributed by atoms with van der Waals surface area (Å²) in [6.45, 7) is 4.98. The number of ether oxygens (including phenoxy) is 2. The summed E-state index contributed by atoms with van der Waals surface area (Å²) in [4.78, 5) is 26.5. The quantitative estimate of drug-likeness (QED) is 0.776. The maximum Gasteiger partial charge on any atom is 0.320 e. The molecule has 20 heavy (non-hydrogen) atoms. The zero-order valence-electron chi connectivity index (χ0n) is 12.5. The third-order valence-electron chi connectivity index (χ3n) is 3.68. The molecule has 1 aliphatic heterocycles. The molecule has 7 nitrogen and oxygen atoms in total. The highest BCUT2D eigenvalue weighted by molar-refractivity contribution is 5.76. The van der Waals surface area contributed by atoms with Crippen molar-refractivity contribution in [1.29, 1.82) is 0 Å². The lowest BCUT2D eigenvalue weighted by molar-refractivity contribution is -0.138. The molecule has 0 radical (unpaired) electrons. The minimum absolute atomic E-state index is 0.0607. The molecule has 1 N–H and O–H groups in total. The number of carbonyl (C=O) groups excluding carboxylic acids is 1. The van der Waals surface area contributed by atoms with Crippen LogP contribution in [0.4, 0.5) is 4.79 Å². The van der Waals surface area contributed by atoms with Gasteiger partial charge in [-0.1, -0.05) is 0 Å². The number of amides is 2. The third kappa shape index (κ3) is 3.83. The fraction of sp³-hybridized carbons (Fsp3) is 0.846. The monoisotopic (exact) mass is 288 g/mol. The topological polar surface area (TPSA) is 79.3 Å². The molecule has 0 aromatic carbocycles. The van der Waals surface area contributed by atoms with Crippen LogP contribution >= 0.6 is 0 Å². The van der Waals surface area contributed by atoms with E-state index in [1.807, 2.05) is 6.92 Å². The van der Waals surface area contributed by atoms with E-state index in [-0.39, 0.29) is 30.7 Å². The van der Waals surface area contributed by atoms with Crippen molar-refractivity contribution in [2.45, 2.75) is 38.5 Å². The van der Waals surface area contributed by atoms with Crippen LogP contribution in [-0.2, 0) is 14.3 Å². The second kappa shape index (κ2) is 7.44. The van der Waals surface area contributed by atoms with E-state index >= 15 is 0 Å². The highest BCUT2D eigenvalue weighted by Gasteiger charge is 2.37. The first-order valence-electron chi connectivity index (χ1n) is 6.77. The number of carboxylic acids is 1. The molecule has 116 valence electrons. The molecule has 1 saturated heterocycles. The maximum atomic E-state index is 12.5. The predicted molar refractivity (Wildman–Crippen MR) is 72.7 cm³/mol. The molecule has 1 fully saturated rings. The Kier molecular flexibility index (Phi) is 6.22. The Morgan fingerprint density at radius 2 is 1.80 bits per heavy atom. The summed E-state index contributed by atoms with van der Waals surface area (Å²) in [6.07, 6.45) is -0.343. The average Bonchev–Trinajstić information content (AvgIpc) is 2.81. The molecule has 0 aliphatic carbocycles. The lowest BCUT2D eigenvalue weighted by Gasteiger charge is -2.31. The molecular weight excluding hydrogens is 264 g/mol. The van der Waals surface area contributed by atoms with Crippen LogP contribution in [0.25, 0.3) is 0 Å². The first kappa shape index (κ1) is 16.7. The highest BCUT2D eigenvalue weighted by atomic mass is 16.5. The molecule has 1 aliphatic rings. The molecule has 0 spiro atoms. The number of urea groups is 1. The van der Waals surface area contributed by atoms with Crippen molar-refractivity contribution in [3.63, 3.8) is 0 Å². The Labute approximate surface area is 119 Å². The van der Waals surface area contributed by atoms with Crippen LogP contribution in [-0.4, -0.2) is 79.0 Å². The van der Waals surface area contributed by atoms with Gasteiger partial charge in [-0.15, -0.1) is 0 Å². The van der Waals surface area contributed by atoms with Crippen LogP contribution in [0.1, 0.15) is 20.3 Å². The molecule has 1 heterocycles. The lowest BCUT2D eigenvalue weighted by atomic mass is 10.2. The van der Waals surface area contributed by atoms with Crippen molar-refractivity contribution in [3.8, 4) is 0 Å². The second-order valence-electron chi connectivity index (χ2n) is 4.97. The van der Waals surface area contributed by atoms with Gasteiger partial charge in [0.2, 0.25) is 0 Å². The Bertz CT molecular complexity index is 338. The van der Waals surface area contributed by atoms with Crippen molar-refractivity contribution in [2.75, 3.05) is 33.9 Å². The molecular formula is C13H24N2O5. The van der Waals surface area contributed by atoms with Gasteiger partial charge in [-0.25, -0.2) is 4.79 Å². The Hall–Kier alpha value is -1.34. The van der Waals surface area contributed by atoms with Gasteiger partial charge in [0.25, 0.3) is 0 Å². The molecule has 0 bridgehead atoms. The van der Waals surface area contributed by atoms with Crippen molar-refractivity contribution in [1.82, 2.24) is 9.80 Å². The highest BCUT2D eigenvalue weighted by Crippen LogP contribution is 2.18. The number of rotatable bonds is 6. The van der Waals surface area contributed by atoms with Crippen LogP contribution in [0.5, 0.6) is 0 Å². The molecule has 1 rings (SSSR count).